The average Bonchev–Trinajstić information content (AvgIpc) is 2.83. The van der Waals surface area contributed by atoms with Crippen LogP contribution in [0.5, 0.6) is 5.75 Å². The third-order valence-electron chi connectivity index (χ3n) is 6.79. The summed E-state index contributed by atoms with van der Waals surface area (Å²) in [5.41, 5.74) is 5.55. The number of hydrogen-bond acceptors (Lipinski definition) is 6. The standard InChI is InChI=1S/C29H35N3O3/c1-19(33)16-22-4-6-23(7-5-22)17-24-8-10-26(11-9-24)32-14-12-25(13-15-32)18-27-30-20(2)29(35)28(31-27)21(3)34/h4-11,19,25,33,35H,12-18H2,1-3H3. The van der Waals surface area contributed by atoms with Gasteiger partial charge in [0.05, 0.1) is 11.8 Å². The third kappa shape index (κ3) is 6.45. The van der Waals surface area contributed by atoms with Crippen LogP contribution in [-0.2, 0) is 19.3 Å². The Kier molecular flexibility index (Phi) is 7.81. The molecule has 184 valence electrons. The molecule has 2 heterocycles. The van der Waals surface area contributed by atoms with Crippen LogP contribution in [0.1, 0.15) is 65.4 Å². The Morgan fingerprint density at radius 1 is 1.00 bits per heavy atom. The number of carbonyl (C=O) groups excluding carboxylic acids is 1. The molecule has 6 heteroatoms. The summed E-state index contributed by atoms with van der Waals surface area (Å²) in [6.07, 6.45) is 4.07. The molecule has 1 unspecified atom stereocenters. The van der Waals surface area contributed by atoms with Gasteiger partial charge < -0.3 is 15.1 Å². The number of aromatic nitrogens is 2. The monoisotopic (exact) mass is 473 g/mol. The molecule has 1 aromatic heterocycles. The molecule has 1 atom stereocenters. The highest BCUT2D eigenvalue weighted by Gasteiger charge is 2.22. The summed E-state index contributed by atoms with van der Waals surface area (Å²) in [5.74, 6) is 0.770. The Morgan fingerprint density at radius 2 is 1.57 bits per heavy atom. The number of nitrogens with zero attached hydrogens (tertiary/aromatic N) is 3. The summed E-state index contributed by atoms with van der Waals surface area (Å²) < 4.78 is 0. The van der Waals surface area contributed by atoms with Crippen LogP contribution in [0.4, 0.5) is 5.69 Å². The fraction of sp³-hybridized carbons (Fsp3) is 0.414. The summed E-state index contributed by atoms with van der Waals surface area (Å²) in [6.45, 7) is 6.90. The van der Waals surface area contributed by atoms with E-state index in [0.29, 0.717) is 23.9 Å². The van der Waals surface area contributed by atoms with E-state index in [2.05, 4.69) is 63.4 Å². The largest absolute Gasteiger partial charge is 0.504 e. The maximum absolute atomic E-state index is 11.8. The maximum Gasteiger partial charge on any atom is 0.182 e. The molecule has 1 fully saturated rings. The van der Waals surface area contributed by atoms with Crippen molar-refractivity contribution in [2.24, 2.45) is 5.92 Å². The predicted molar refractivity (Wildman–Crippen MR) is 138 cm³/mol. The maximum atomic E-state index is 11.8. The van der Waals surface area contributed by atoms with Crippen molar-refractivity contribution in [3.05, 3.63) is 82.4 Å². The predicted octanol–water partition coefficient (Wildman–Crippen LogP) is 4.67. The summed E-state index contributed by atoms with van der Waals surface area (Å²) in [7, 11) is 0. The van der Waals surface area contributed by atoms with Gasteiger partial charge in [0, 0.05) is 32.1 Å². The molecule has 0 spiro atoms. The number of benzene rings is 2. The molecule has 0 amide bonds. The normalized spacial score (nSPS) is 15.3. The van der Waals surface area contributed by atoms with E-state index in [1.165, 1.54) is 23.7 Å². The first-order valence-corrected chi connectivity index (χ1v) is 12.5. The van der Waals surface area contributed by atoms with Gasteiger partial charge in [0.15, 0.2) is 17.2 Å². The topological polar surface area (TPSA) is 86.6 Å². The van der Waals surface area contributed by atoms with Gasteiger partial charge in [0.2, 0.25) is 0 Å². The molecule has 35 heavy (non-hydrogen) atoms. The molecule has 2 N–H and O–H groups in total. The van der Waals surface area contributed by atoms with E-state index in [-0.39, 0.29) is 23.3 Å². The van der Waals surface area contributed by atoms with E-state index in [1.807, 2.05) is 6.92 Å². The molecule has 0 bridgehead atoms. The van der Waals surface area contributed by atoms with Crippen molar-refractivity contribution in [1.82, 2.24) is 9.97 Å². The first kappa shape index (κ1) is 24.9. The Hall–Kier alpha value is -3.25. The van der Waals surface area contributed by atoms with E-state index in [4.69, 9.17) is 0 Å². The summed E-state index contributed by atoms with van der Waals surface area (Å²) >= 11 is 0. The fourth-order valence-corrected chi connectivity index (χ4v) is 4.81. The minimum atomic E-state index is -0.316. The van der Waals surface area contributed by atoms with Gasteiger partial charge in [-0.1, -0.05) is 36.4 Å². The van der Waals surface area contributed by atoms with Gasteiger partial charge in [-0.05, 0) is 74.3 Å². The van der Waals surface area contributed by atoms with Crippen LogP contribution in [0.25, 0.3) is 0 Å². The van der Waals surface area contributed by atoms with Crippen molar-refractivity contribution in [3.8, 4) is 5.75 Å². The number of Topliss-reactive ketones (excluding diaryl/α,β-unsaturated/α-hetero) is 1. The van der Waals surface area contributed by atoms with Crippen molar-refractivity contribution in [1.29, 1.82) is 0 Å². The van der Waals surface area contributed by atoms with Crippen LogP contribution in [0.15, 0.2) is 48.5 Å². The smallest absolute Gasteiger partial charge is 0.182 e. The molecule has 6 nitrogen and oxygen atoms in total. The van der Waals surface area contributed by atoms with E-state index >= 15 is 0 Å². The van der Waals surface area contributed by atoms with E-state index in [1.54, 1.807) is 6.92 Å². The average molecular weight is 474 g/mol. The van der Waals surface area contributed by atoms with E-state index < -0.39 is 0 Å². The quantitative estimate of drug-likeness (QED) is 0.463. The fourth-order valence-electron chi connectivity index (χ4n) is 4.81. The Labute approximate surface area is 207 Å². The van der Waals surface area contributed by atoms with Crippen molar-refractivity contribution in [2.45, 2.75) is 59.0 Å². The molecular weight excluding hydrogens is 438 g/mol. The zero-order valence-corrected chi connectivity index (χ0v) is 20.9. The van der Waals surface area contributed by atoms with Crippen LogP contribution in [0.2, 0.25) is 0 Å². The molecule has 1 saturated heterocycles. The van der Waals surface area contributed by atoms with Crippen LogP contribution in [0.3, 0.4) is 0 Å². The highest BCUT2D eigenvalue weighted by molar-refractivity contribution is 5.94. The van der Waals surface area contributed by atoms with E-state index in [9.17, 15) is 15.0 Å². The summed E-state index contributed by atoms with van der Waals surface area (Å²) in [6, 6.07) is 17.3. The zero-order valence-electron chi connectivity index (χ0n) is 20.9. The number of rotatable bonds is 8. The molecule has 0 saturated carbocycles. The second kappa shape index (κ2) is 11.0. The Balaban J connectivity index is 1.31. The lowest BCUT2D eigenvalue weighted by Gasteiger charge is -2.33. The molecule has 1 aliphatic rings. The molecule has 1 aliphatic heterocycles. The number of carbonyl (C=O) groups is 1. The van der Waals surface area contributed by atoms with Crippen LogP contribution in [-0.4, -0.2) is 45.2 Å². The highest BCUT2D eigenvalue weighted by atomic mass is 16.3. The number of anilines is 1. The highest BCUT2D eigenvalue weighted by Crippen LogP contribution is 2.27. The molecule has 0 aliphatic carbocycles. The second-order valence-corrected chi connectivity index (χ2v) is 9.83. The number of piperidine rings is 1. The molecular formula is C29H35N3O3. The van der Waals surface area contributed by atoms with Crippen molar-refractivity contribution in [3.63, 3.8) is 0 Å². The zero-order chi connectivity index (χ0) is 24.9. The molecule has 4 rings (SSSR count). The van der Waals surface area contributed by atoms with Gasteiger partial charge in [0.25, 0.3) is 0 Å². The van der Waals surface area contributed by atoms with Crippen molar-refractivity contribution < 1.29 is 15.0 Å². The van der Waals surface area contributed by atoms with Crippen LogP contribution >= 0.6 is 0 Å². The van der Waals surface area contributed by atoms with Crippen molar-refractivity contribution >= 4 is 11.5 Å². The Bertz CT molecular complexity index is 1150. The number of aryl methyl sites for hydroxylation is 1. The van der Waals surface area contributed by atoms with Gasteiger partial charge >= 0.3 is 0 Å². The van der Waals surface area contributed by atoms with Gasteiger partial charge in [-0.3, -0.25) is 4.79 Å². The molecule has 2 aromatic carbocycles. The van der Waals surface area contributed by atoms with Crippen molar-refractivity contribution in [2.75, 3.05) is 18.0 Å². The molecule has 0 radical (unpaired) electrons. The summed E-state index contributed by atoms with van der Waals surface area (Å²) in [5, 5.41) is 19.6. The lowest BCUT2D eigenvalue weighted by molar-refractivity contribution is 0.100. The lowest BCUT2D eigenvalue weighted by atomic mass is 9.92. The van der Waals surface area contributed by atoms with Gasteiger partial charge in [0.1, 0.15) is 5.82 Å². The SMILES string of the molecule is CC(=O)c1nc(CC2CCN(c3ccc(Cc4ccc(CC(C)O)cc4)cc3)CC2)nc(C)c1O. The minimum absolute atomic E-state index is 0.104. The van der Waals surface area contributed by atoms with Crippen LogP contribution < -0.4 is 4.90 Å². The van der Waals surface area contributed by atoms with E-state index in [0.717, 1.165) is 44.3 Å². The first-order chi connectivity index (χ1) is 16.8. The minimum Gasteiger partial charge on any atom is -0.504 e. The van der Waals surface area contributed by atoms with Gasteiger partial charge in [-0.25, -0.2) is 9.97 Å². The van der Waals surface area contributed by atoms with Crippen LogP contribution in [0, 0.1) is 12.8 Å². The first-order valence-electron chi connectivity index (χ1n) is 12.5. The number of aliphatic hydroxyl groups excluding tert-OH is 1. The number of ketones is 1. The molecule has 3 aromatic rings. The summed E-state index contributed by atoms with van der Waals surface area (Å²) in [4.78, 5) is 22.9. The number of aliphatic hydroxyl groups is 1. The van der Waals surface area contributed by atoms with Gasteiger partial charge in [-0.2, -0.15) is 0 Å². The number of hydrogen-bond donors (Lipinski definition) is 2. The number of aromatic hydroxyl groups is 1. The second-order valence-electron chi connectivity index (χ2n) is 9.83. The van der Waals surface area contributed by atoms with Gasteiger partial charge in [-0.15, -0.1) is 0 Å². The third-order valence-corrected chi connectivity index (χ3v) is 6.79. The Morgan fingerprint density at radius 3 is 2.14 bits per heavy atom. The lowest BCUT2D eigenvalue weighted by Crippen LogP contribution is -2.34.